The Labute approximate surface area is 295 Å². The molecule has 0 aliphatic heterocycles. The van der Waals surface area contributed by atoms with Gasteiger partial charge in [-0.25, -0.2) is 0 Å². The van der Waals surface area contributed by atoms with Gasteiger partial charge in [0, 0.05) is 0 Å². The average Bonchev–Trinajstić information content (AvgIpc) is 3.21. The van der Waals surface area contributed by atoms with Crippen LogP contribution in [0.3, 0.4) is 0 Å². The molecule has 8 aromatic carbocycles. The molecule has 0 amide bonds. The van der Waals surface area contributed by atoms with Gasteiger partial charge >= 0.3 is 0 Å². The molecule has 0 spiro atoms. The minimum Gasteiger partial charge on any atom is -0.320 e. The van der Waals surface area contributed by atoms with E-state index in [9.17, 15) is 0 Å². The van der Waals surface area contributed by atoms with E-state index in [1.165, 1.54) is 55.6 Å². The van der Waals surface area contributed by atoms with Crippen LogP contribution in [0, 0.1) is 0 Å². The van der Waals surface area contributed by atoms with E-state index in [0.29, 0.717) is 0 Å². The van der Waals surface area contributed by atoms with Crippen LogP contribution in [0.4, 0.5) is 0 Å². The van der Waals surface area contributed by atoms with Crippen molar-refractivity contribution >= 4 is 0 Å². The van der Waals surface area contributed by atoms with Crippen molar-refractivity contribution in [1.29, 1.82) is 0 Å². The third-order valence-corrected chi connectivity index (χ3v) is 9.52. The highest BCUT2D eigenvalue weighted by Gasteiger charge is 2.18. The fourth-order valence-corrected chi connectivity index (χ4v) is 6.92. The molecule has 0 saturated carbocycles. The summed E-state index contributed by atoms with van der Waals surface area (Å²) < 4.78 is 0. The molecule has 238 valence electrons. The SMILES string of the molecule is NC(c1ccccc1)c1cc(-c2ccc(-c3ccccc3)cc2-c2ccccc2)cc(-c2ccc(-c3ccccc3)cc2-c2ccccc2)c1. The van der Waals surface area contributed by atoms with Crippen LogP contribution in [0.1, 0.15) is 17.2 Å². The number of rotatable bonds is 8. The first-order chi connectivity index (χ1) is 24.7. The van der Waals surface area contributed by atoms with E-state index in [0.717, 1.165) is 22.3 Å². The van der Waals surface area contributed by atoms with E-state index in [2.05, 4.69) is 200 Å². The molecule has 8 rings (SSSR count). The van der Waals surface area contributed by atoms with Gasteiger partial charge in [-0.15, -0.1) is 0 Å². The quantitative estimate of drug-likeness (QED) is 0.176. The molecule has 1 heteroatoms. The molecular formula is C49H37N. The first kappa shape index (κ1) is 31.0. The molecule has 0 fully saturated rings. The van der Waals surface area contributed by atoms with Gasteiger partial charge in [-0.05, 0) is 108 Å². The monoisotopic (exact) mass is 639 g/mol. The van der Waals surface area contributed by atoms with Crippen LogP contribution in [0.25, 0.3) is 66.8 Å². The molecule has 0 bridgehead atoms. The summed E-state index contributed by atoms with van der Waals surface area (Å²) in [5.74, 6) is 0. The van der Waals surface area contributed by atoms with Crippen molar-refractivity contribution in [2.45, 2.75) is 6.04 Å². The molecule has 8 aromatic rings. The second kappa shape index (κ2) is 14.1. The fraction of sp³-hybridized carbons (Fsp3) is 0.0204. The molecule has 0 saturated heterocycles. The van der Waals surface area contributed by atoms with Crippen LogP contribution in [0.15, 0.2) is 206 Å². The molecular weight excluding hydrogens is 603 g/mol. The zero-order chi connectivity index (χ0) is 33.7. The number of nitrogens with two attached hydrogens (primary N) is 1. The lowest BCUT2D eigenvalue weighted by atomic mass is 9.85. The maximum atomic E-state index is 7.11. The third-order valence-electron chi connectivity index (χ3n) is 9.52. The van der Waals surface area contributed by atoms with Crippen molar-refractivity contribution in [2.75, 3.05) is 0 Å². The summed E-state index contributed by atoms with van der Waals surface area (Å²) in [5.41, 5.74) is 23.4. The summed E-state index contributed by atoms with van der Waals surface area (Å²) >= 11 is 0. The number of hydrogen-bond donors (Lipinski definition) is 1. The highest BCUT2D eigenvalue weighted by Crippen LogP contribution is 2.42. The first-order valence-electron chi connectivity index (χ1n) is 17.2. The Balaban J connectivity index is 1.36. The molecule has 1 unspecified atom stereocenters. The van der Waals surface area contributed by atoms with E-state index in [1.54, 1.807) is 0 Å². The fourth-order valence-electron chi connectivity index (χ4n) is 6.92. The van der Waals surface area contributed by atoms with E-state index < -0.39 is 0 Å². The van der Waals surface area contributed by atoms with E-state index in [-0.39, 0.29) is 6.04 Å². The lowest BCUT2D eigenvalue weighted by Gasteiger charge is -2.20. The molecule has 0 radical (unpaired) electrons. The topological polar surface area (TPSA) is 26.0 Å². The van der Waals surface area contributed by atoms with Gasteiger partial charge in [0.05, 0.1) is 6.04 Å². The lowest BCUT2D eigenvalue weighted by Crippen LogP contribution is -2.12. The third kappa shape index (κ3) is 6.43. The molecule has 1 nitrogen and oxygen atoms in total. The molecule has 1 atom stereocenters. The van der Waals surface area contributed by atoms with Crippen molar-refractivity contribution < 1.29 is 0 Å². The summed E-state index contributed by atoms with van der Waals surface area (Å²) in [4.78, 5) is 0. The summed E-state index contributed by atoms with van der Waals surface area (Å²) in [6, 6.07) is 73.3. The van der Waals surface area contributed by atoms with Crippen molar-refractivity contribution in [1.82, 2.24) is 0 Å². The van der Waals surface area contributed by atoms with Gasteiger partial charge in [-0.3, -0.25) is 0 Å². The Morgan fingerprint density at radius 2 is 0.600 bits per heavy atom. The predicted molar refractivity (Wildman–Crippen MR) is 212 cm³/mol. The maximum absolute atomic E-state index is 7.11. The molecule has 0 aromatic heterocycles. The normalized spacial score (nSPS) is 11.6. The molecule has 0 aliphatic carbocycles. The van der Waals surface area contributed by atoms with Crippen LogP contribution in [-0.4, -0.2) is 0 Å². The molecule has 2 N–H and O–H groups in total. The van der Waals surface area contributed by atoms with Gasteiger partial charge in [-0.1, -0.05) is 176 Å². The Bertz CT molecular complexity index is 2200. The Hall–Kier alpha value is -6.28. The molecule has 0 aliphatic rings. The highest BCUT2D eigenvalue weighted by atomic mass is 14.6. The Morgan fingerprint density at radius 3 is 1.00 bits per heavy atom. The van der Waals surface area contributed by atoms with Crippen molar-refractivity contribution in [3.8, 4) is 66.8 Å². The summed E-state index contributed by atoms with van der Waals surface area (Å²) in [7, 11) is 0. The van der Waals surface area contributed by atoms with E-state index in [1.807, 2.05) is 6.07 Å². The Kier molecular flexibility index (Phi) is 8.72. The van der Waals surface area contributed by atoms with Crippen LogP contribution in [0.5, 0.6) is 0 Å². The predicted octanol–water partition coefficient (Wildman–Crippen LogP) is 12.7. The van der Waals surface area contributed by atoms with Gasteiger partial charge in [-0.2, -0.15) is 0 Å². The zero-order valence-electron chi connectivity index (χ0n) is 27.8. The molecule has 0 heterocycles. The van der Waals surface area contributed by atoms with Gasteiger partial charge < -0.3 is 5.73 Å². The standard InChI is InChI=1S/C49H37N/c50-49(39-24-14-5-15-25-39)44-31-42(45-28-26-40(35-16-6-1-7-17-35)33-47(45)37-20-10-3-11-21-37)30-43(32-44)46-29-27-41(36-18-8-2-9-19-36)34-48(46)38-22-12-4-13-23-38/h1-34,49H,50H2. The Morgan fingerprint density at radius 1 is 0.240 bits per heavy atom. The number of hydrogen-bond acceptors (Lipinski definition) is 1. The lowest BCUT2D eigenvalue weighted by molar-refractivity contribution is 0.872. The highest BCUT2D eigenvalue weighted by molar-refractivity contribution is 5.92. The van der Waals surface area contributed by atoms with Gasteiger partial charge in [0.1, 0.15) is 0 Å². The van der Waals surface area contributed by atoms with Gasteiger partial charge in [0.2, 0.25) is 0 Å². The average molecular weight is 640 g/mol. The summed E-state index contributed by atoms with van der Waals surface area (Å²) in [6.45, 7) is 0. The molecule has 50 heavy (non-hydrogen) atoms. The summed E-state index contributed by atoms with van der Waals surface area (Å²) in [6.07, 6.45) is 0. The van der Waals surface area contributed by atoms with Crippen LogP contribution in [0.2, 0.25) is 0 Å². The van der Waals surface area contributed by atoms with Gasteiger partial charge in [0.15, 0.2) is 0 Å². The van der Waals surface area contributed by atoms with Crippen LogP contribution >= 0.6 is 0 Å². The van der Waals surface area contributed by atoms with E-state index in [4.69, 9.17) is 5.73 Å². The van der Waals surface area contributed by atoms with Gasteiger partial charge in [0.25, 0.3) is 0 Å². The van der Waals surface area contributed by atoms with Crippen molar-refractivity contribution in [2.24, 2.45) is 5.73 Å². The summed E-state index contributed by atoms with van der Waals surface area (Å²) in [5, 5.41) is 0. The smallest absolute Gasteiger partial charge is 0.0552 e. The van der Waals surface area contributed by atoms with Crippen LogP contribution in [-0.2, 0) is 0 Å². The largest absolute Gasteiger partial charge is 0.320 e. The minimum absolute atomic E-state index is 0.289. The maximum Gasteiger partial charge on any atom is 0.0552 e. The second-order valence-corrected chi connectivity index (χ2v) is 12.7. The number of benzene rings is 8. The van der Waals surface area contributed by atoms with Crippen molar-refractivity contribution in [3.05, 3.63) is 217 Å². The van der Waals surface area contributed by atoms with E-state index >= 15 is 0 Å². The van der Waals surface area contributed by atoms with Crippen LogP contribution < -0.4 is 5.73 Å². The first-order valence-corrected chi connectivity index (χ1v) is 17.2. The zero-order valence-corrected chi connectivity index (χ0v) is 27.8. The van der Waals surface area contributed by atoms with Crippen molar-refractivity contribution in [3.63, 3.8) is 0 Å². The second-order valence-electron chi connectivity index (χ2n) is 12.7. The minimum atomic E-state index is -0.289.